The zero-order chi connectivity index (χ0) is 6.57. The summed E-state index contributed by atoms with van der Waals surface area (Å²) in [7, 11) is -4.29. The van der Waals surface area contributed by atoms with E-state index in [1.807, 2.05) is 0 Å². The molecule has 0 saturated carbocycles. The monoisotopic (exact) mass is 192 g/mol. The summed E-state index contributed by atoms with van der Waals surface area (Å²) in [5.74, 6) is 0. The standard InChI is InChI=1S/O4P2S2/c1-5(7)3-4-6(2)8/p+2. The molecular formula is H2O4P2S2+2. The van der Waals surface area contributed by atoms with Gasteiger partial charge in [-0.1, -0.05) is 0 Å². The molecular weight excluding hydrogens is 190 g/mol. The first-order valence-corrected chi connectivity index (χ1v) is 5.96. The highest BCUT2D eigenvalue weighted by atomic mass is 32.7. The van der Waals surface area contributed by atoms with E-state index in [2.05, 4.69) is 33.8 Å². The van der Waals surface area contributed by atoms with Crippen LogP contribution in [0.25, 0.3) is 0 Å². The van der Waals surface area contributed by atoms with Gasteiger partial charge in [0.05, 0.1) is 9.35 Å². The lowest BCUT2D eigenvalue weighted by molar-refractivity contribution is -0.0757. The molecule has 2 atom stereocenters. The van der Waals surface area contributed by atoms with E-state index in [0.717, 1.165) is 0 Å². The lowest BCUT2D eigenvalue weighted by Crippen LogP contribution is -1.64. The Morgan fingerprint density at radius 1 is 1.00 bits per heavy atom. The quantitative estimate of drug-likeness (QED) is 0.311. The van der Waals surface area contributed by atoms with Crippen molar-refractivity contribution < 1.29 is 18.5 Å². The van der Waals surface area contributed by atoms with Crippen molar-refractivity contribution in [2.24, 2.45) is 0 Å². The fraction of sp³-hybridized carbons (Fsp3) is 0. The molecule has 2 unspecified atom stereocenters. The van der Waals surface area contributed by atoms with E-state index in [1.54, 1.807) is 0 Å². The number of rotatable bonds is 3. The van der Waals surface area contributed by atoms with Gasteiger partial charge >= 0.3 is 14.5 Å². The summed E-state index contributed by atoms with van der Waals surface area (Å²) in [6.07, 6.45) is 0. The van der Waals surface area contributed by atoms with Crippen molar-refractivity contribution in [3.8, 4) is 0 Å². The summed E-state index contributed by atoms with van der Waals surface area (Å²) in [5.41, 5.74) is 0. The highest BCUT2D eigenvalue weighted by Gasteiger charge is 2.22. The van der Waals surface area contributed by atoms with Gasteiger partial charge in [0.25, 0.3) is 0 Å². The van der Waals surface area contributed by atoms with Crippen LogP contribution in [-0.2, 0) is 18.5 Å². The van der Waals surface area contributed by atoms with Gasteiger partial charge in [-0.2, -0.15) is 0 Å². The minimum absolute atomic E-state index is 2.14. The molecule has 0 aliphatic rings. The van der Waals surface area contributed by atoms with Gasteiger partial charge < -0.3 is 0 Å². The molecule has 0 spiro atoms. The summed E-state index contributed by atoms with van der Waals surface area (Å²) in [5, 5.41) is 0. The van der Waals surface area contributed by atoms with E-state index >= 15 is 0 Å². The number of thiol groups is 2. The minimum atomic E-state index is -2.14. The molecule has 0 aromatic heterocycles. The largest absolute Gasteiger partial charge is 0.616 e. The summed E-state index contributed by atoms with van der Waals surface area (Å²) >= 11 is 6.54. The molecule has 8 heavy (non-hydrogen) atoms. The maximum absolute atomic E-state index is 9.85. The van der Waals surface area contributed by atoms with Gasteiger partial charge in [0.1, 0.15) is 24.5 Å². The smallest absolute Gasteiger partial charge is 0.0157 e. The lowest BCUT2D eigenvalue weighted by atomic mass is 14.9. The fourth-order valence-electron chi connectivity index (χ4n) is 0.0570. The SMILES string of the molecule is O=[P+](S)OO[P+](=O)S. The highest BCUT2D eigenvalue weighted by Crippen LogP contribution is 2.36. The van der Waals surface area contributed by atoms with Crippen LogP contribution < -0.4 is 0 Å². The van der Waals surface area contributed by atoms with Crippen molar-refractivity contribution in [3.63, 3.8) is 0 Å². The average Bonchev–Trinajstić information content (AvgIpc) is 1.61. The first-order chi connectivity index (χ1) is 3.63. The molecule has 46 valence electrons. The second-order valence-corrected chi connectivity index (χ2v) is 3.83. The fourth-order valence-corrected chi connectivity index (χ4v) is 1.05. The van der Waals surface area contributed by atoms with Gasteiger partial charge in [-0.3, -0.25) is 0 Å². The first kappa shape index (κ1) is 8.82. The van der Waals surface area contributed by atoms with Crippen LogP contribution in [0.4, 0.5) is 0 Å². The van der Waals surface area contributed by atoms with Crippen molar-refractivity contribution >= 4 is 39.0 Å². The Bertz CT molecular complexity index is 96.6. The van der Waals surface area contributed by atoms with Crippen LogP contribution in [0.5, 0.6) is 0 Å². The summed E-state index contributed by atoms with van der Waals surface area (Å²) in [6, 6.07) is 0. The van der Waals surface area contributed by atoms with E-state index in [0.29, 0.717) is 0 Å². The molecule has 0 rings (SSSR count). The molecule has 8 heteroatoms. The van der Waals surface area contributed by atoms with Crippen molar-refractivity contribution in [2.75, 3.05) is 0 Å². The molecule has 0 bridgehead atoms. The molecule has 0 radical (unpaired) electrons. The van der Waals surface area contributed by atoms with Crippen molar-refractivity contribution in [3.05, 3.63) is 0 Å². The van der Waals surface area contributed by atoms with Gasteiger partial charge in [-0.05, 0) is 9.13 Å². The predicted molar refractivity (Wildman–Crippen MR) is 35.4 cm³/mol. The van der Waals surface area contributed by atoms with Crippen molar-refractivity contribution in [2.45, 2.75) is 0 Å². The Hall–Kier alpha value is 0.820. The second-order valence-electron chi connectivity index (χ2n) is 0.625. The molecule has 4 nitrogen and oxygen atoms in total. The highest BCUT2D eigenvalue weighted by molar-refractivity contribution is 8.39. The van der Waals surface area contributed by atoms with E-state index < -0.39 is 14.5 Å². The van der Waals surface area contributed by atoms with Crippen LogP contribution in [0.15, 0.2) is 0 Å². The van der Waals surface area contributed by atoms with E-state index in [1.165, 1.54) is 0 Å². The Kier molecular flexibility index (Phi) is 5.15. The Morgan fingerprint density at radius 2 is 1.25 bits per heavy atom. The molecule has 0 aromatic rings. The maximum Gasteiger partial charge on any atom is 0.616 e. The third-order valence-electron chi connectivity index (χ3n) is 0.161. The first-order valence-electron chi connectivity index (χ1n) is 1.30. The normalized spacial score (nSPS) is 13.2. The zero-order valence-electron chi connectivity index (χ0n) is 3.42. The lowest BCUT2D eigenvalue weighted by Gasteiger charge is -1.63. The van der Waals surface area contributed by atoms with Crippen LogP contribution in [0.1, 0.15) is 0 Å². The molecule has 0 fully saturated rings. The minimum Gasteiger partial charge on any atom is -0.0157 e. The molecule has 0 amide bonds. The second kappa shape index (κ2) is 4.68. The predicted octanol–water partition coefficient (Wildman–Crippen LogP) is 2.11. The van der Waals surface area contributed by atoms with Crippen LogP contribution in [0.2, 0.25) is 0 Å². The number of hydrogen-bond donors (Lipinski definition) is 2. The van der Waals surface area contributed by atoms with Crippen LogP contribution in [0, 0.1) is 0 Å². The Morgan fingerprint density at radius 3 is 1.38 bits per heavy atom. The summed E-state index contributed by atoms with van der Waals surface area (Å²) in [4.78, 5) is 0. The van der Waals surface area contributed by atoms with Crippen LogP contribution >= 0.6 is 39.0 Å². The third kappa shape index (κ3) is 6.82. The van der Waals surface area contributed by atoms with Crippen LogP contribution in [-0.4, -0.2) is 0 Å². The van der Waals surface area contributed by atoms with Gasteiger partial charge in [0.2, 0.25) is 0 Å². The summed E-state index contributed by atoms with van der Waals surface area (Å²) in [6.45, 7) is 0. The van der Waals surface area contributed by atoms with Crippen LogP contribution in [0.3, 0.4) is 0 Å². The Balaban J connectivity index is 3.18. The van der Waals surface area contributed by atoms with Gasteiger partial charge in [-0.25, -0.2) is 0 Å². The summed E-state index contributed by atoms with van der Waals surface area (Å²) < 4.78 is 27.3. The van der Waals surface area contributed by atoms with E-state index in [9.17, 15) is 9.13 Å². The van der Waals surface area contributed by atoms with E-state index in [-0.39, 0.29) is 0 Å². The average molecular weight is 192 g/mol. The third-order valence-corrected chi connectivity index (χ3v) is 1.08. The van der Waals surface area contributed by atoms with Crippen molar-refractivity contribution in [1.82, 2.24) is 0 Å². The van der Waals surface area contributed by atoms with Crippen molar-refractivity contribution in [1.29, 1.82) is 0 Å². The molecule has 0 N–H and O–H groups in total. The molecule has 0 heterocycles. The number of hydrogen-bond acceptors (Lipinski definition) is 4. The zero-order valence-corrected chi connectivity index (χ0v) is 7.00. The van der Waals surface area contributed by atoms with Gasteiger partial charge in [-0.15, -0.1) is 0 Å². The van der Waals surface area contributed by atoms with Gasteiger partial charge in [0.15, 0.2) is 0 Å². The molecule has 0 aliphatic heterocycles. The van der Waals surface area contributed by atoms with E-state index in [4.69, 9.17) is 0 Å². The maximum atomic E-state index is 9.85. The Labute approximate surface area is 57.9 Å². The van der Waals surface area contributed by atoms with Gasteiger partial charge in [0, 0.05) is 0 Å². The molecule has 0 aromatic carbocycles. The topological polar surface area (TPSA) is 52.6 Å². The molecule has 0 aliphatic carbocycles. The molecule has 0 saturated heterocycles.